The van der Waals surface area contributed by atoms with Gasteiger partial charge in [0.15, 0.2) is 11.4 Å². The molecule has 1 fully saturated rings. The number of aromatic nitrogens is 2. The summed E-state index contributed by atoms with van der Waals surface area (Å²) in [5.74, 6) is -4.67. The summed E-state index contributed by atoms with van der Waals surface area (Å²) in [6.45, 7) is -0.428. The highest BCUT2D eigenvalue weighted by Gasteiger charge is 2.33. The van der Waals surface area contributed by atoms with E-state index in [0.29, 0.717) is 20.6 Å². The zero-order valence-electron chi connectivity index (χ0n) is 24.5. The van der Waals surface area contributed by atoms with Gasteiger partial charge in [-0.15, -0.1) is 9.46 Å². The molecule has 47 heavy (non-hydrogen) atoms. The molecule has 242 valence electrons. The summed E-state index contributed by atoms with van der Waals surface area (Å²) in [6, 6.07) is 19.8. The molecular formula is C32H28N4O11. The molecule has 5 rings (SSSR count). The molecular weight excluding hydrogens is 616 g/mol. The van der Waals surface area contributed by atoms with Crippen LogP contribution in [-0.4, -0.2) is 68.7 Å². The van der Waals surface area contributed by atoms with E-state index in [9.17, 15) is 39.0 Å². The lowest BCUT2D eigenvalue weighted by Crippen LogP contribution is -2.52. The topological polar surface area (TPSA) is 204 Å². The molecule has 0 spiro atoms. The van der Waals surface area contributed by atoms with Gasteiger partial charge in [0, 0.05) is 0 Å². The third kappa shape index (κ3) is 7.37. The van der Waals surface area contributed by atoms with Crippen LogP contribution in [0.25, 0.3) is 0 Å². The van der Waals surface area contributed by atoms with Gasteiger partial charge in [0.25, 0.3) is 22.9 Å². The van der Waals surface area contributed by atoms with Gasteiger partial charge >= 0.3 is 11.9 Å². The van der Waals surface area contributed by atoms with E-state index in [1.165, 1.54) is 0 Å². The van der Waals surface area contributed by atoms with Crippen molar-refractivity contribution in [2.45, 2.75) is 25.3 Å². The van der Waals surface area contributed by atoms with Crippen molar-refractivity contribution in [3.05, 3.63) is 139 Å². The largest absolute Gasteiger partial charge is 0.476 e. The average Bonchev–Trinajstić information content (AvgIpc) is 3.49. The molecule has 0 bridgehead atoms. The van der Waals surface area contributed by atoms with Crippen molar-refractivity contribution in [2.24, 2.45) is 0 Å². The van der Waals surface area contributed by atoms with Gasteiger partial charge in [-0.05, 0) is 35.4 Å². The van der Waals surface area contributed by atoms with Crippen molar-refractivity contribution in [3.63, 3.8) is 0 Å². The minimum absolute atomic E-state index is 0.0645. The average molecular weight is 645 g/mol. The number of benzene rings is 2. The van der Waals surface area contributed by atoms with Gasteiger partial charge < -0.3 is 35.3 Å². The van der Waals surface area contributed by atoms with Gasteiger partial charge in [-0.2, -0.15) is 0 Å². The van der Waals surface area contributed by atoms with Gasteiger partial charge in [-0.1, -0.05) is 60.7 Å². The molecule has 0 radical (unpaired) electrons. The lowest BCUT2D eigenvalue weighted by Gasteiger charge is -2.21. The SMILES string of the molecule is O=C(N[C@H]1COC[C@H]1NC(=O)c1ccc(C(=O)O)n(OCc2ccccc2)c1=O)c1ccc(C(=O)O)n(OCc2ccccc2)c1=O. The normalized spacial score (nSPS) is 15.4. The Labute approximate surface area is 265 Å². The number of nitrogens with one attached hydrogen (secondary N) is 2. The number of hydrogen-bond donors (Lipinski definition) is 4. The molecule has 15 nitrogen and oxygen atoms in total. The number of pyridine rings is 2. The highest BCUT2D eigenvalue weighted by atomic mass is 16.7. The van der Waals surface area contributed by atoms with Crippen molar-refractivity contribution in [2.75, 3.05) is 13.2 Å². The molecule has 4 N–H and O–H groups in total. The van der Waals surface area contributed by atoms with Crippen LogP contribution >= 0.6 is 0 Å². The number of carboxylic acid groups (broad SMARTS) is 2. The van der Waals surface area contributed by atoms with E-state index in [0.717, 1.165) is 24.3 Å². The van der Waals surface area contributed by atoms with Gasteiger partial charge in [0.05, 0.1) is 25.3 Å². The van der Waals surface area contributed by atoms with Crippen molar-refractivity contribution < 1.29 is 43.8 Å². The van der Waals surface area contributed by atoms with Crippen LogP contribution in [0, 0.1) is 0 Å². The standard InChI is InChI=1S/C32H28N4O11/c37-27(21-11-13-25(31(41)42)35(29(21)39)46-15-19-7-3-1-4-8-19)33-23-17-45-18-24(23)34-28(38)22-12-14-26(32(43)44)36(30(22)40)47-16-20-9-5-2-6-10-20/h1-14,23-24H,15-18H2,(H,33,37)(H,34,38)(H,41,42)(H,43,44)/t23-,24+. The van der Waals surface area contributed by atoms with E-state index >= 15 is 0 Å². The van der Waals surface area contributed by atoms with Crippen LogP contribution in [0.2, 0.25) is 0 Å². The van der Waals surface area contributed by atoms with Crippen molar-refractivity contribution in [3.8, 4) is 0 Å². The predicted molar refractivity (Wildman–Crippen MR) is 162 cm³/mol. The molecule has 1 saturated heterocycles. The lowest BCUT2D eigenvalue weighted by molar-refractivity contribution is 0.0522. The lowest BCUT2D eigenvalue weighted by atomic mass is 10.1. The van der Waals surface area contributed by atoms with Crippen molar-refractivity contribution in [1.29, 1.82) is 0 Å². The maximum absolute atomic E-state index is 13.2. The van der Waals surface area contributed by atoms with Gasteiger partial charge in [-0.3, -0.25) is 19.2 Å². The number of aromatic carboxylic acids is 2. The van der Waals surface area contributed by atoms with E-state index in [-0.39, 0.29) is 26.4 Å². The fraction of sp³-hybridized carbons (Fsp3) is 0.188. The van der Waals surface area contributed by atoms with E-state index in [2.05, 4.69) is 10.6 Å². The number of ether oxygens (including phenoxy) is 1. The zero-order chi connectivity index (χ0) is 33.5. The first-order valence-corrected chi connectivity index (χ1v) is 14.2. The maximum atomic E-state index is 13.2. The second-order valence-corrected chi connectivity index (χ2v) is 10.3. The molecule has 1 aliphatic heterocycles. The molecule has 2 atom stereocenters. The number of rotatable bonds is 12. The van der Waals surface area contributed by atoms with Gasteiger partial charge in [0.1, 0.15) is 24.3 Å². The number of carboxylic acids is 2. The summed E-state index contributed by atoms with van der Waals surface area (Å²) in [5, 5.41) is 24.3. The summed E-state index contributed by atoms with van der Waals surface area (Å²) < 4.78 is 6.48. The highest BCUT2D eigenvalue weighted by molar-refractivity contribution is 5.96. The third-order valence-electron chi connectivity index (χ3n) is 7.13. The minimum atomic E-state index is -1.45. The zero-order valence-corrected chi connectivity index (χ0v) is 24.5. The fourth-order valence-electron chi connectivity index (χ4n) is 4.72. The first kappa shape index (κ1) is 32.2. The third-order valence-corrected chi connectivity index (χ3v) is 7.13. The Bertz CT molecular complexity index is 1780. The molecule has 0 aliphatic carbocycles. The number of carbonyl (C=O) groups excluding carboxylic acids is 2. The van der Waals surface area contributed by atoms with Crippen molar-refractivity contribution >= 4 is 23.8 Å². The summed E-state index contributed by atoms with van der Waals surface area (Å²) in [4.78, 5) is 87.2. The molecule has 4 aromatic rings. The Kier molecular flexibility index (Phi) is 9.76. The summed E-state index contributed by atoms with van der Waals surface area (Å²) in [7, 11) is 0. The Hall–Kier alpha value is -6.22. The van der Waals surface area contributed by atoms with Gasteiger partial charge in [0.2, 0.25) is 0 Å². The Morgan fingerprint density at radius 3 is 1.38 bits per heavy atom. The second-order valence-electron chi connectivity index (χ2n) is 10.3. The monoisotopic (exact) mass is 644 g/mol. The quantitative estimate of drug-likeness (QED) is 0.168. The molecule has 2 aromatic heterocycles. The maximum Gasteiger partial charge on any atom is 0.356 e. The Balaban J connectivity index is 1.31. The minimum Gasteiger partial charge on any atom is -0.476 e. The molecule has 2 amide bonds. The Morgan fingerprint density at radius 2 is 1.02 bits per heavy atom. The molecule has 3 heterocycles. The molecule has 1 aliphatic rings. The summed E-state index contributed by atoms with van der Waals surface area (Å²) in [6.07, 6.45) is 0. The van der Waals surface area contributed by atoms with E-state index in [4.69, 9.17) is 14.4 Å². The number of carbonyl (C=O) groups is 4. The van der Waals surface area contributed by atoms with Crippen molar-refractivity contribution in [1.82, 2.24) is 20.1 Å². The van der Waals surface area contributed by atoms with Crippen LogP contribution in [0.3, 0.4) is 0 Å². The van der Waals surface area contributed by atoms with Crippen LogP contribution in [0.1, 0.15) is 52.8 Å². The molecule has 0 saturated carbocycles. The smallest absolute Gasteiger partial charge is 0.356 e. The van der Waals surface area contributed by atoms with Crippen LogP contribution in [0.15, 0.2) is 94.5 Å². The first-order valence-electron chi connectivity index (χ1n) is 14.2. The van der Waals surface area contributed by atoms with E-state index < -0.39 is 69.5 Å². The fourth-order valence-corrected chi connectivity index (χ4v) is 4.72. The first-order chi connectivity index (χ1) is 22.6. The van der Waals surface area contributed by atoms with Crippen LogP contribution in [0.5, 0.6) is 0 Å². The number of amides is 2. The summed E-state index contributed by atoms with van der Waals surface area (Å²) >= 11 is 0. The van der Waals surface area contributed by atoms with Crippen LogP contribution in [-0.2, 0) is 18.0 Å². The Morgan fingerprint density at radius 1 is 0.638 bits per heavy atom. The number of nitrogens with zero attached hydrogens (tertiary/aromatic N) is 2. The summed E-state index contributed by atoms with van der Waals surface area (Å²) in [5.41, 5.74) is -2.59. The highest BCUT2D eigenvalue weighted by Crippen LogP contribution is 2.10. The second kappa shape index (κ2) is 14.3. The molecule has 0 unspecified atom stereocenters. The predicted octanol–water partition coefficient (Wildman–Crippen LogP) is 0.591. The van der Waals surface area contributed by atoms with E-state index in [1.54, 1.807) is 60.7 Å². The van der Waals surface area contributed by atoms with Gasteiger partial charge in [-0.25, -0.2) is 9.59 Å². The van der Waals surface area contributed by atoms with Crippen LogP contribution < -0.4 is 31.4 Å². The number of hydrogen-bond acceptors (Lipinski definition) is 9. The molecule has 15 heteroatoms. The van der Waals surface area contributed by atoms with Crippen LogP contribution in [0.4, 0.5) is 0 Å². The molecule has 2 aromatic carbocycles. The van der Waals surface area contributed by atoms with E-state index in [1.807, 2.05) is 0 Å².